The lowest BCUT2D eigenvalue weighted by molar-refractivity contribution is -0.127. The fourth-order valence-electron chi connectivity index (χ4n) is 1.92. The van der Waals surface area contributed by atoms with Crippen LogP contribution >= 0.6 is 0 Å². The van der Waals surface area contributed by atoms with Crippen molar-refractivity contribution in [2.45, 2.75) is 45.4 Å². The van der Waals surface area contributed by atoms with Crippen molar-refractivity contribution in [1.82, 2.24) is 0 Å². The van der Waals surface area contributed by atoms with Crippen LogP contribution in [0.1, 0.15) is 45.4 Å². The molecule has 1 fully saturated rings. The van der Waals surface area contributed by atoms with Gasteiger partial charge in [0.1, 0.15) is 6.61 Å². The van der Waals surface area contributed by atoms with E-state index in [1.165, 1.54) is 25.7 Å². The predicted molar refractivity (Wildman–Crippen MR) is 52.7 cm³/mol. The Kier molecular flexibility index (Phi) is 5.06. The van der Waals surface area contributed by atoms with Gasteiger partial charge in [0.05, 0.1) is 0 Å². The average molecular weight is 184 g/mol. The van der Waals surface area contributed by atoms with E-state index in [0.717, 1.165) is 12.8 Å². The third kappa shape index (κ3) is 3.90. The second-order valence-electron chi connectivity index (χ2n) is 3.79. The minimum atomic E-state index is 0.300. The number of ether oxygens (including phenoxy) is 1. The Labute approximate surface area is 80.7 Å². The number of hydrogen-bond acceptors (Lipinski definition) is 2. The van der Waals surface area contributed by atoms with E-state index in [1.54, 1.807) is 0 Å². The molecular weight excluding hydrogens is 164 g/mol. The molecule has 1 aliphatic carbocycles. The largest absolute Gasteiger partial charge is 0.374 e. The van der Waals surface area contributed by atoms with Crippen molar-refractivity contribution in [3.8, 4) is 0 Å². The number of ketones is 1. The van der Waals surface area contributed by atoms with Gasteiger partial charge in [0, 0.05) is 12.5 Å². The van der Waals surface area contributed by atoms with Gasteiger partial charge in [0.25, 0.3) is 0 Å². The normalized spacial score (nSPS) is 19.8. The van der Waals surface area contributed by atoms with Crippen molar-refractivity contribution >= 4 is 5.78 Å². The first-order valence-corrected chi connectivity index (χ1v) is 5.45. The third-order valence-electron chi connectivity index (χ3n) is 2.76. The lowest BCUT2D eigenvalue weighted by atomic mass is 9.96. The van der Waals surface area contributed by atoms with Crippen LogP contribution in [0.5, 0.6) is 0 Å². The molecule has 1 rings (SSSR count). The highest BCUT2D eigenvalue weighted by Crippen LogP contribution is 2.23. The molecule has 0 bridgehead atoms. The Bertz CT molecular complexity index is 146. The molecule has 0 N–H and O–H groups in total. The fourth-order valence-corrected chi connectivity index (χ4v) is 1.92. The molecule has 0 radical (unpaired) electrons. The second-order valence-corrected chi connectivity index (χ2v) is 3.79. The molecule has 0 aromatic heterocycles. The van der Waals surface area contributed by atoms with Gasteiger partial charge >= 0.3 is 0 Å². The van der Waals surface area contributed by atoms with Crippen molar-refractivity contribution in [3.63, 3.8) is 0 Å². The van der Waals surface area contributed by atoms with E-state index < -0.39 is 0 Å². The van der Waals surface area contributed by atoms with E-state index in [-0.39, 0.29) is 0 Å². The first-order valence-electron chi connectivity index (χ1n) is 5.45. The molecule has 0 heterocycles. The molecule has 0 spiro atoms. The van der Waals surface area contributed by atoms with E-state index in [1.807, 2.05) is 6.92 Å². The van der Waals surface area contributed by atoms with E-state index >= 15 is 0 Å². The number of hydrogen-bond donors (Lipinski definition) is 0. The summed E-state index contributed by atoms with van der Waals surface area (Å²) in [5.41, 5.74) is 0. The molecule has 0 unspecified atom stereocenters. The van der Waals surface area contributed by atoms with E-state index in [0.29, 0.717) is 24.9 Å². The first-order chi connectivity index (χ1) is 6.34. The van der Waals surface area contributed by atoms with Gasteiger partial charge in [-0.05, 0) is 19.8 Å². The number of carbonyl (C=O) groups excluding carboxylic acids is 1. The molecule has 0 aliphatic heterocycles. The Morgan fingerprint density at radius 1 is 1.23 bits per heavy atom. The van der Waals surface area contributed by atoms with Crippen LogP contribution in [-0.4, -0.2) is 19.0 Å². The highest BCUT2D eigenvalue weighted by Gasteiger charge is 2.19. The van der Waals surface area contributed by atoms with Gasteiger partial charge in [-0.2, -0.15) is 0 Å². The number of rotatable bonds is 4. The van der Waals surface area contributed by atoms with Gasteiger partial charge in [-0.3, -0.25) is 4.79 Å². The van der Waals surface area contributed by atoms with Crippen LogP contribution in [0.2, 0.25) is 0 Å². The van der Waals surface area contributed by atoms with E-state index in [4.69, 9.17) is 4.74 Å². The maximum atomic E-state index is 11.6. The Morgan fingerprint density at radius 2 is 1.85 bits per heavy atom. The molecule has 0 aromatic carbocycles. The van der Waals surface area contributed by atoms with Gasteiger partial charge in [0.2, 0.25) is 0 Å². The van der Waals surface area contributed by atoms with Gasteiger partial charge < -0.3 is 4.74 Å². The van der Waals surface area contributed by atoms with Crippen LogP contribution in [0.15, 0.2) is 0 Å². The van der Waals surface area contributed by atoms with Crippen LogP contribution in [0, 0.1) is 5.92 Å². The molecule has 1 aliphatic rings. The van der Waals surface area contributed by atoms with Gasteiger partial charge in [-0.1, -0.05) is 25.7 Å². The highest BCUT2D eigenvalue weighted by molar-refractivity contribution is 5.82. The molecule has 2 heteroatoms. The van der Waals surface area contributed by atoms with Gasteiger partial charge in [0.15, 0.2) is 5.78 Å². The maximum absolute atomic E-state index is 11.6. The predicted octanol–water partition coefficient (Wildman–Crippen LogP) is 2.56. The summed E-state index contributed by atoms with van der Waals surface area (Å²) < 4.78 is 5.14. The summed E-state index contributed by atoms with van der Waals surface area (Å²) in [6.45, 7) is 2.92. The quantitative estimate of drug-likeness (QED) is 0.628. The summed E-state index contributed by atoms with van der Waals surface area (Å²) in [4.78, 5) is 11.6. The molecule has 13 heavy (non-hydrogen) atoms. The molecular formula is C11H20O2. The number of carbonyl (C=O) groups is 1. The van der Waals surface area contributed by atoms with Crippen molar-refractivity contribution in [2.75, 3.05) is 13.2 Å². The van der Waals surface area contributed by atoms with Crippen molar-refractivity contribution in [2.24, 2.45) is 5.92 Å². The summed E-state index contributed by atoms with van der Waals surface area (Å²) >= 11 is 0. The van der Waals surface area contributed by atoms with Crippen LogP contribution < -0.4 is 0 Å². The lowest BCUT2D eigenvalue weighted by Gasteiger charge is -2.11. The Hall–Kier alpha value is -0.370. The minimum Gasteiger partial charge on any atom is -0.374 e. The lowest BCUT2D eigenvalue weighted by Crippen LogP contribution is -2.19. The molecule has 76 valence electrons. The molecule has 0 amide bonds. The first kappa shape index (κ1) is 10.7. The van der Waals surface area contributed by atoms with Crippen LogP contribution in [0.3, 0.4) is 0 Å². The standard InChI is InChI=1S/C11H20O2/c1-2-13-9-11(12)10-7-5-3-4-6-8-10/h10H,2-9H2,1H3. The summed E-state index contributed by atoms with van der Waals surface area (Å²) in [5.74, 6) is 0.623. The molecule has 0 saturated heterocycles. The SMILES string of the molecule is CCOCC(=O)C1CCCCCC1. The molecule has 0 aromatic rings. The van der Waals surface area contributed by atoms with Crippen molar-refractivity contribution < 1.29 is 9.53 Å². The zero-order chi connectivity index (χ0) is 9.52. The summed E-state index contributed by atoms with van der Waals surface area (Å²) in [6, 6.07) is 0. The number of Topliss-reactive ketones (excluding diaryl/α,β-unsaturated/α-hetero) is 1. The van der Waals surface area contributed by atoms with Crippen molar-refractivity contribution in [1.29, 1.82) is 0 Å². The Morgan fingerprint density at radius 3 is 2.38 bits per heavy atom. The Balaban J connectivity index is 2.26. The summed E-state index contributed by atoms with van der Waals surface area (Å²) in [7, 11) is 0. The molecule has 0 atom stereocenters. The maximum Gasteiger partial charge on any atom is 0.161 e. The van der Waals surface area contributed by atoms with Crippen molar-refractivity contribution in [3.05, 3.63) is 0 Å². The van der Waals surface area contributed by atoms with E-state index in [2.05, 4.69) is 0 Å². The average Bonchev–Trinajstić information content (AvgIpc) is 2.42. The van der Waals surface area contributed by atoms with Crippen LogP contribution in [-0.2, 0) is 9.53 Å². The summed E-state index contributed by atoms with van der Waals surface area (Å²) in [5, 5.41) is 0. The van der Waals surface area contributed by atoms with Gasteiger partial charge in [-0.25, -0.2) is 0 Å². The van der Waals surface area contributed by atoms with Crippen LogP contribution in [0.25, 0.3) is 0 Å². The zero-order valence-electron chi connectivity index (χ0n) is 8.55. The highest BCUT2D eigenvalue weighted by atomic mass is 16.5. The van der Waals surface area contributed by atoms with Gasteiger partial charge in [-0.15, -0.1) is 0 Å². The fraction of sp³-hybridized carbons (Fsp3) is 0.909. The third-order valence-corrected chi connectivity index (χ3v) is 2.76. The molecule has 1 saturated carbocycles. The minimum absolute atomic E-state index is 0.300. The monoisotopic (exact) mass is 184 g/mol. The molecule has 2 nitrogen and oxygen atoms in total. The zero-order valence-corrected chi connectivity index (χ0v) is 8.55. The van der Waals surface area contributed by atoms with E-state index in [9.17, 15) is 4.79 Å². The second kappa shape index (κ2) is 6.14. The topological polar surface area (TPSA) is 26.3 Å². The smallest absolute Gasteiger partial charge is 0.161 e. The van der Waals surface area contributed by atoms with Crippen LogP contribution in [0.4, 0.5) is 0 Å². The summed E-state index contributed by atoms with van der Waals surface area (Å²) in [6.07, 6.45) is 7.24.